The van der Waals surface area contributed by atoms with E-state index in [1.807, 2.05) is 6.07 Å². The van der Waals surface area contributed by atoms with Crippen molar-refractivity contribution in [2.24, 2.45) is 0 Å². The topological polar surface area (TPSA) is 41.1 Å². The van der Waals surface area contributed by atoms with Crippen LogP contribution in [-0.4, -0.2) is 12.5 Å². The Morgan fingerprint density at radius 1 is 0.857 bits per heavy atom. The summed E-state index contributed by atoms with van der Waals surface area (Å²) in [6.45, 7) is 0.405. The number of benzene rings is 3. The minimum Gasteiger partial charge on any atom is -0.322 e. The molecule has 0 saturated carbocycles. The summed E-state index contributed by atoms with van der Waals surface area (Å²) in [6.07, 6.45) is 0.513. The molecular weight excluding hydrogens is 365 g/mol. The highest BCUT2D eigenvalue weighted by Crippen LogP contribution is 2.19. The zero-order valence-corrected chi connectivity index (χ0v) is 15.0. The van der Waals surface area contributed by atoms with Crippen LogP contribution in [0.25, 0.3) is 0 Å². The Morgan fingerprint density at radius 3 is 2.32 bits per heavy atom. The lowest BCUT2D eigenvalue weighted by atomic mass is 10.1. The zero-order valence-electron chi connectivity index (χ0n) is 15.0. The Bertz CT molecular complexity index is 948. The van der Waals surface area contributed by atoms with Crippen LogP contribution < -0.4 is 10.6 Å². The molecule has 3 rings (SSSR count). The quantitative estimate of drug-likeness (QED) is 0.624. The molecule has 144 valence electrons. The van der Waals surface area contributed by atoms with Crippen molar-refractivity contribution < 1.29 is 18.0 Å². The number of halogens is 3. The third-order valence-corrected chi connectivity index (χ3v) is 4.24. The highest BCUT2D eigenvalue weighted by molar-refractivity contribution is 5.95. The molecule has 0 radical (unpaired) electrons. The Morgan fingerprint density at radius 2 is 1.61 bits per heavy atom. The maximum Gasteiger partial charge on any atom is 0.246 e. The van der Waals surface area contributed by atoms with Gasteiger partial charge in [-0.1, -0.05) is 42.5 Å². The van der Waals surface area contributed by atoms with Crippen molar-refractivity contribution in [3.63, 3.8) is 0 Å². The van der Waals surface area contributed by atoms with Crippen LogP contribution in [0.5, 0.6) is 0 Å². The van der Waals surface area contributed by atoms with Gasteiger partial charge in [0, 0.05) is 12.6 Å². The van der Waals surface area contributed by atoms with Crippen molar-refractivity contribution >= 4 is 11.6 Å². The average molecular weight is 384 g/mol. The van der Waals surface area contributed by atoms with E-state index in [1.54, 1.807) is 36.4 Å². The zero-order chi connectivity index (χ0) is 19.9. The van der Waals surface area contributed by atoms with Gasteiger partial charge in [0.25, 0.3) is 0 Å². The fourth-order valence-corrected chi connectivity index (χ4v) is 2.86. The molecule has 0 bridgehead atoms. The lowest BCUT2D eigenvalue weighted by molar-refractivity contribution is -0.118. The Kier molecular flexibility index (Phi) is 6.45. The van der Waals surface area contributed by atoms with Crippen LogP contribution in [0.2, 0.25) is 0 Å². The molecule has 0 fully saturated rings. The molecule has 0 aliphatic heterocycles. The SMILES string of the molecule is O=C(Nc1ccc(F)cc1F)[C@H](NCCc1cccc(F)c1)c1ccccc1. The molecule has 28 heavy (non-hydrogen) atoms. The number of amides is 1. The van der Waals surface area contributed by atoms with Crippen LogP contribution in [-0.2, 0) is 11.2 Å². The molecule has 0 aliphatic carbocycles. The van der Waals surface area contributed by atoms with Gasteiger partial charge >= 0.3 is 0 Å². The van der Waals surface area contributed by atoms with Gasteiger partial charge in [0.05, 0.1) is 5.69 Å². The third kappa shape index (κ3) is 5.20. The number of nitrogens with one attached hydrogen (secondary N) is 2. The van der Waals surface area contributed by atoms with Gasteiger partial charge in [-0.25, -0.2) is 13.2 Å². The molecule has 0 saturated heterocycles. The van der Waals surface area contributed by atoms with Crippen LogP contribution in [0.15, 0.2) is 72.8 Å². The number of rotatable bonds is 7. The predicted molar refractivity (Wildman–Crippen MR) is 102 cm³/mol. The summed E-state index contributed by atoms with van der Waals surface area (Å²) < 4.78 is 40.3. The summed E-state index contributed by atoms with van der Waals surface area (Å²) in [6, 6.07) is 17.4. The van der Waals surface area contributed by atoms with Crippen LogP contribution in [0, 0.1) is 17.5 Å². The van der Waals surface area contributed by atoms with Crippen molar-refractivity contribution in [1.82, 2.24) is 5.32 Å². The van der Waals surface area contributed by atoms with Gasteiger partial charge in [0.1, 0.15) is 23.5 Å². The minimum atomic E-state index is -0.847. The number of anilines is 1. The standard InChI is InChI=1S/C22H19F3N2O/c23-17-8-4-5-15(13-17)11-12-26-21(16-6-2-1-3-7-16)22(28)27-20-10-9-18(24)14-19(20)25/h1-10,13-14,21,26H,11-12H2,(H,27,28)/t21-/m1/s1. The maximum atomic E-state index is 13.9. The first-order valence-electron chi connectivity index (χ1n) is 8.81. The summed E-state index contributed by atoms with van der Waals surface area (Å²) in [5, 5.41) is 5.61. The number of carbonyl (C=O) groups is 1. The van der Waals surface area contributed by atoms with Gasteiger partial charge in [-0.05, 0) is 41.8 Å². The van der Waals surface area contributed by atoms with Crippen molar-refractivity contribution in [2.45, 2.75) is 12.5 Å². The third-order valence-electron chi connectivity index (χ3n) is 4.24. The molecular formula is C22H19F3N2O. The van der Waals surface area contributed by atoms with Gasteiger partial charge in [0.15, 0.2) is 0 Å². The number of carbonyl (C=O) groups excluding carboxylic acids is 1. The lowest BCUT2D eigenvalue weighted by Gasteiger charge is -2.19. The summed E-state index contributed by atoms with van der Waals surface area (Å²) >= 11 is 0. The van der Waals surface area contributed by atoms with E-state index in [2.05, 4.69) is 10.6 Å². The van der Waals surface area contributed by atoms with Crippen molar-refractivity contribution in [2.75, 3.05) is 11.9 Å². The van der Waals surface area contributed by atoms with E-state index in [9.17, 15) is 18.0 Å². The van der Waals surface area contributed by atoms with Crippen molar-refractivity contribution in [3.05, 3.63) is 101 Å². The second-order valence-electron chi connectivity index (χ2n) is 6.29. The largest absolute Gasteiger partial charge is 0.322 e. The Balaban J connectivity index is 1.72. The van der Waals surface area contributed by atoms with Gasteiger partial charge in [0.2, 0.25) is 5.91 Å². The van der Waals surface area contributed by atoms with Crippen LogP contribution in [0.4, 0.5) is 18.9 Å². The molecule has 0 aliphatic rings. The Labute approximate surface area is 161 Å². The summed E-state index contributed by atoms with van der Waals surface area (Å²) in [4.78, 5) is 12.8. The molecule has 6 heteroatoms. The molecule has 1 amide bonds. The second kappa shape index (κ2) is 9.19. The number of hydrogen-bond donors (Lipinski definition) is 2. The van der Waals surface area contributed by atoms with E-state index in [4.69, 9.17) is 0 Å². The highest BCUT2D eigenvalue weighted by atomic mass is 19.1. The lowest BCUT2D eigenvalue weighted by Crippen LogP contribution is -2.34. The van der Waals surface area contributed by atoms with Gasteiger partial charge in [-0.2, -0.15) is 0 Å². The van der Waals surface area contributed by atoms with E-state index in [0.717, 1.165) is 11.6 Å². The van der Waals surface area contributed by atoms with E-state index in [-0.39, 0.29) is 11.5 Å². The molecule has 0 aromatic heterocycles. The maximum absolute atomic E-state index is 13.9. The second-order valence-corrected chi connectivity index (χ2v) is 6.29. The smallest absolute Gasteiger partial charge is 0.246 e. The van der Waals surface area contributed by atoms with Crippen LogP contribution in [0.3, 0.4) is 0 Å². The fraction of sp³-hybridized carbons (Fsp3) is 0.136. The van der Waals surface area contributed by atoms with Crippen LogP contribution in [0.1, 0.15) is 17.2 Å². The molecule has 0 spiro atoms. The monoisotopic (exact) mass is 384 g/mol. The average Bonchev–Trinajstić information content (AvgIpc) is 2.68. The molecule has 3 nitrogen and oxygen atoms in total. The minimum absolute atomic E-state index is 0.0979. The van der Waals surface area contributed by atoms with E-state index < -0.39 is 23.6 Å². The van der Waals surface area contributed by atoms with Crippen LogP contribution >= 0.6 is 0 Å². The fourth-order valence-electron chi connectivity index (χ4n) is 2.86. The first kappa shape index (κ1) is 19.6. The highest BCUT2D eigenvalue weighted by Gasteiger charge is 2.21. The molecule has 1 atom stereocenters. The molecule has 3 aromatic carbocycles. The van der Waals surface area contributed by atoms with Crippen molar-refractivity contribution in [1.29, 1.82) is 0 Å². The van der Waals surface area contributed by atoms with E-state index in [0.29, 0.717) is 24.6 Å². The summed E-state index contributed by atoms with van der Waals surface area (Å²) in [7, 11) is 0. The van der Waals surface area contributed by atoms with Gasteiger partial charge in [-0.15, -0.1) is 0 Å². The molecule has 2 N–H and O–H groups in total. The molecule has 0 unspecified atom stereocenters. The molecule has 0 heterocycles. The van der Waals surface area contributed by atoms with E-state index >= 15 is 0 Å². The van der Waals surface area contributed by atoms with Gasteiger partial charge < -0.3 is 10.6 Å². The normalized spacial score (nSPS) is 11.8. The van der Waals surface area contributed by atoms with E-state index in [1.165, 1.54) is 18.2 Å². The van der Waals surface area contributed by atoms with Gasteiger partial charge in [-0.3, -0.25) is 4.79 Å². The predicted octanol–water partition coefficient (Wildman–Crippen LogP) is 4.62. The summed E-state index contributed by atoms with van der Waals surface area (Å²) in [5.74, 6) is -2.36. The Hall–Kier alpha value is -3.12. The van der Waals surface area contributed by atoms with Crippen molar-refractivity contribution in [3.8, 4) is 0 Å². The number of hydrogen-bond acceptors (Lipinski definition) is 2. The first-order chi connectivity index (χ1) is 13.5. The first-order valence-corrected chi connectivity index (χ1v) is 8.81. The molecule has 3 aromatic rings. The summed E-state index contributed by atoms with van der Waals surface area (Å²) in [5.41, 5.74) is 1.39.